The van der Waals surface area contributed by atoms with Crippen molar-refractivity contribution in [2.45, 2.75) is 51.5 Å². The van der Waals surface area contributed by atoms with Gasteiger partial charge in [-0.15, -0.1) is 0 Å². The summed E-state index contributed by atoms with van der Waals surface area (Å²) < 4.78 is 0. The van der Waals surface area contributed by atoms with Gasteiger partial charge in [-0.05, 0) is 25.5 Å². The summed E-state index contributed by atoms with van der Waals surface area (Å²) >= 11 is 1.31. The number of carbonyl (C=O) groups excluding carboxylic acids is 2. The van der Waals surface area contributed by atoms with Gasteiger partial charge in [-0.3, -0.25) is 9.59 Å². The first-order valence-corrected chi connectivity index (χ1v) is 10.7. The van der Waals surface area contributed by atoms with E-state index in [2.05, 4.69) is 40.8 Å². The third-order valence-electron chi connectivity index (χ3n) is 5.36. The molecule has 0 N–H and O–H groups in total. The molecule has 0 saturated carbocycles. The zero-order valence-electron chi connectivity index (χ0n) is 17.9. The first kappa shape index (κ1) is 21.2. The Labute approximate surface area is 176 Å². The number of aryl methyl sites for hydroxylation is 2. The highest BCUT2D eigenvalue weighted by atomic mass is 32.2. The average Bonchev–Trinajstić information content (AvgIpc) is 2.86. The maximum atomic E-state index is 12.8. The molecule has 29 heavy (non-hydrogen) atoms. The number of Topliss-reactive ketones (excluding diaryl/α,β-unsaturated/α-hetero) is 1. The van der Waals surface area contributed by atoms with Crippen molar-refractivity contribution >= 4 is 29.0 Å². The summed E-state index contributed by atoms with van der Waals surface area (Å²) in [5, 5.41) is 0.593. The molecule has 0 saturated heterocycles. The van der Waals surface area contributed by atoms with Crippen LogP contribution in [0, 0.1) is 6.92 Å². The number of fused-ring (bicyclic) bond motifs is 1. The van der Waals surface area contributed by atoms with Gasteiger partial charge in [-0.1, -0.05) is 50.7 Å². The summed E-state index contributed by atoms with van der Waals surface area (Å²) in [6.07, 6.45) is 2.41. The Morgan fingerprint density at radius 3 is 2.52 bits per heavy atom. The highest BCUT2D eigenvalue weighted by molar-refractivity contribution is 8.00. The number of allylic oxidation sites excluding steroid dienone is 2. The number of nitrogens with zero attached hydrogens (tertiary/aromatic N) is 3. The smallest absolute Gasteiger partial charge is 0.167 e. The molecule has 2 aromatic rings. The van der Waals surface area contributed by atoms with Gasteiger partial charge in [0.05, 0.1) is 17.0 Å². The van der Waals surface area contributed by atoms with Gasteiger partial charge in [0.25, 0.3) is 0 Å². The van der Waals surface area contributed by atoms with E-state index in [1.165, 1.54) is 24.2 Å². The van der Waals surface area contributed by atoms with Crippen molar-refractivity contribution in [1.29, 1.82) is 0 Å². The van der Waals surface area contributed by atoms with Crippen LogP contribution in [-0.2, 0) is 16.6 Å². The van der Waals surface area contributed by atoms with Gasteiger partial charge in [0.2, 0.25) is 0 Å². The van der Waals surface area contributed by atoms with Gasteiger partial charge in [0, 0.05) is 36.3 Å². The SMILES string of the molecule is CCc1nc(C)c(C(C)=O)c(SCC(=O)/C=C2\N(C)c3ccccc3C2(C)C)n1. The van der Waals surface area contributed by atoms with E-state index in [9.17, 15) is 9.59 Å². The lowest BCUT2D eigenvalue weighted by Gasteiger charge is -2.23. The van der Waals surface area contributed by atoms with E-state index in [1.54, 1.807) is 6.08 Å². The highest BCUT2D eigenvalue weighted by Gasteiger charge is 2.38. The molecule has 2 heterocycles. The summed E-state index contributed by atoms with van der Waals surface area (Å²) in [6.45, 7) is 9.58. The summed E-state index contributed by atoms with van der Waals surface area (Å²) in [7, 11) is 2.00. The lowest BCUT2D eigenvalue weighted by Crippen LogP contribution is -2.24. The van der Waals surface area contributed by atoms with E-state index >= 15 is 0 Å². The molecule has 0 spiro atoms. The summed E-state index contributed by atoms with van der Waals surface area (Å²) in [4.78, 5) is 35.9. The Morgan fingerprint density at radius 1 is 1.21 bits per heavy atom. The van der Waals surface area contributed by atoms with Crippen LogP contribution in [0.5, 0.6) is 0 Å². The first-order chi connectivity index (χ1) is 13.7. The van der Waals surface area contributed by atoms with Crippen LogP contribution < -0.4 is 4.90 Å². The molecular weight excluding hydrogens is 382 g/mol. The van der Waals surface area contributed by atoms with Gasteiger partial charge in [-0.2, -0.15) is 0 Å². The minimum Gasteiger partial charge on any atom is -0.347 e. The van der Waals surface area contributed by atoms with Crippen LogP contribution in [0.1, 0.15) is 55.1 Å². The van der Waals surface area contributed by atoms with Crippen LogP contribution in [-0.4, -0.2) is 34.3 Å². The van der Waals surface area contributed by atoms with Crippen molar-refractivity contribution in [3.05, 3.63) is 58.7 Å². The van der Waals surface area contributed by atoms with Gasteiger partial charge in [-0.25, -0.2) is 9.97 Å². The van der Waals surface area contributed by atoms with E-state index in [1.807, 2.05) is 33.0 Å². The Bertz CT molecular complexity index is 1010. The number of benzene rings is 1. The molecule has 0 fully saturated rings. The van der Waals surface area contributed by atoms with Crippen LogP contribution in [0.15, 0.2) is 41.1 Å². The van der Waals surface area contributed by atoms with Crippen LogP contribution >= 0.6 is 11.8 Å². The molecule has 152 valence electrons. The Balaban J connectivity index is 1.84. The largest absolute Gasteiger partial charge is 0.347 e. The predicted octanol–water partition coefficient (Wildman–Crippen LogP) is 4.52. The number of thioether (sulfide) groups is 1. The number of anilines is 1. The average molecular weight is 410 g/mol. The first-order valence-electron chi connectivity index (χ1n) is 9.76. The van der Waals surface area contributed by atoms with Crippen molar-refractivity contribution in [3.8, 4) is 0 Å². The van der Waals surface area contributed by atoms with E-state index in [0.717, 1.165) is 11.4 Å². The van der Waals surface area contributed by atoms with Crippen molar-refractivity contribution in [3.63, 3.8) is 0 Å². The minimum atomic E-state index is -0.239. The lowest BCUT2D eigenvalue weighted by atomic mass is 9.83. The number of rotatable bonds is 6. The van der Waals surface area contributed by atoms with E-state index in [4.69, 9.17) is 0 Å². The van der Waals surface area contributed by atoms with Crippen LogP contribution in [0.25, 0.3) is 0 Å². The topological polar surface area (TPSA) is 63.2 Å². The Morgan fingerprint density at radius 2 is 1.90 bits per heavy atom. The van der Waals surface area contributed by atoms with Crippen molar-refractivity contribution in [1.82, 2.24) is 9.97 Å². The number of likely N-dealkylation sites (N-methyl/N-ethyl adjacent to an activating group) is 1. The number of carbonyl (C=O) groups is 2. The van der Waals surface area contributed by atoms with Gasteiger partial charge < -0.3 is 4.90 Å². The second-order valence-electron chi connectivity index (χ2n) is 7.80. The molecule has 3 rings (SSSR count). The molecular formula is C23H27N3O2S. The molecule has 0 radical (unpaired) electrons. The van der Waals surface area contributed by atoms with Crippen LogP contribution in [0.2, 0.25) is 0 Å². The molecule has 0 amide bonds. The monoisotopic (exact) mass is 409 g/mol. The molecule has 5 nitrogen and oxygen atoms in total. The normalized spacial score (nSPS) is 16.2. The van der Waals surface area contributed by atoms with Crippen LogP contribution in [0.4, 0.5) is 5.69 Å². The zero-order chi connectivity index (χ0) is 21.3. The number of hydrogen-bond acceptors (Lipinski definition) is 6. The molecule has 0 aliphatic carbocycles. The Kier molecular flexibility index (Phi) is 5.94. The summed E-state index contributed by atoms with van der Waals surface area (Å²) in [5.74, 6) is 0.837. The maximum absolute atomic E-state index is 12.8. The minimum absolute atomic E-state index is 0.00143. The Hall–Kier alpha value is -2.47. The van der Waals surface area contributed by atoms with Gasteiger partial charge in [0.1, 0.15) is 10.9 Å². The summed E-state index contributed by atoms with van der Waals surface area (Å²) in [6, 6.07) is 8.23. The number of para-hydroxylation sites is 1. The number of aromatic nitrogens is 2. The third kappa shape index (κ3) is 3.99. The van der Waals surface area contributed by atoms with Crippen LogP contribution in [0.3, 0.4) is 0 Å². The molecule has 1 aromatic carbocycles. The van der Waals surface area contributed by atoms with E-state index in [-0.39, 0.29) is 22.7 Å². The molecule has 0 unspecified atom stereocenters. The molecule has 1 aromatic heterocycles. The quantitative estimate of drug-likeness (QED) is 0.302. The summed E-state index contributed by atoms with van der Waals surface area (Å²) in [5.41, 5.74) is 4.26. The molecule has 0 atom stereocenters. The van der Waals surface area contributed by atoms with E-state index in [0.29, 0.717) is 28.5 Å². The molecule has 1 aliphatic rings. The molecule has 0 bridgehead atoms. The fourth-order valence-corrected chi connectivity index (χ4v) is 4.83. The van der Waals surface area contributed by atoms with Crippen molar-refractivity contribution < 1.29 is 9.59 Å². The number of hydrogen-bond donors (Lipinski definition) is 0. The van der Waals surface area contributed by atoms with Gasteiger partial charge >= 0.3 is 0 Å². The maximum Gasteiger partial charge on any atom is 0.167 e. The zero-order valence-corrected chi connectivity index (χ0v) is 18.7. The van der Waals surface area contributed by atoms with Crippen molar-refractivity contribution in [2.24, 2.45) is 0 Å². The van der Waals surface area contributed by atoms with E-state index < -0.39 is 0 Å². The molecule has 1 aliphatic heterocycles. The number of ketones is 2. The van der Waals surface area contributed by atoms with Crippen molar-refractivity contribution in [2.75, 3.05) is 17.7 Å². The lowest BCUT2D eigenvalue weighted by molar-refractivity contribution is -0.112. The molecule has 6 heteroatoms. The van der Waals surface area contributed by atoms with Gasteiger partial charge in [0.15, 0.2) is 11.6 Å². The third-order valence-corrected chi connectivity index (χ3v) is 6.36. The second kappa shape index (κ2) is 8.11. The predicted molar refractivity (Wildman–Crippen MR) is 118 cm³/mol. The fourth-order valence-electron chi connectivity index (χ4n) is 3.86. The fraction of sp³-hybridized carbons (Fsp3) is 0.391. The standard InChI is InChI=1S/C23H27N3O2S/c1-7-20-24-14(2)21(15(3)27)22(25-20)29-13-16(28)12-19-23(4,5)17-10-8-9-11-18(17)26(19)6/h8-12H,7,13H2,1-6H3/b19-12-. The highest BCUT2D eigenvalue weighted by Crippen LogP contribution is 2.46. The second-order valence-corrected chi connectivity index (χ2v) is 8.76.